The van der Waals surface area contributed by atoms with Crippen LogP contribution in [-0.4, -0.2) is 21.3 Å². The Morgan fingerprint density at radius 3 is 2.50 bits per heavy atom. The molecule has 1 unspecified atom stereocenters. The van der Waals surface area contributed by atoms with E-state index in [1.807, 2.05) is 13.8 Å². The van der Waals surface area contributed by atoms with Gasteiger partial charge < -0.3 is 10.2 Å². The predicted molar refractivity (Wildman–Crippen MR) is 51.2 cm³/mol. The summed E-state index contributed by atoms with van der Waals surface area (Å²) >= 11 is 0. The van der Waals surface area contributed by atoms with Gasteiger partial charge in [-0.05, 0) is 5.92 Å². The van der Waals surface area contributed by atoms with Crippen molar-refractivity contribution in [2.75, 3.05) is 0 Å². The molecule has 0 spiro atoms. The monoisotopic (exact) mass is 198 g/mol. The molecule has 5 nitrogen and oxygen atoms in total. The average Bonchev–Trinajstić information content (AvgIpc) is 2.46. The van der Waals surface area contributed by atoms with Crippen LogP contribution in [0.1, 0.15) is 31.9 Å². The Balaban J connectivity index is 2.88. The lowest BCUT2D eigenvalue weighted by atomic mass is 9.90. The highest BCUT2D eigenvalue weighted by Crippen LogP contribution is 2.25. The molecule has 14 heavy (non-hydrogen) atoms. The maximum Gasteiger partial charge on any atom is 0.304 e. The van der Waals surface area contributed by atoms with Gasteiger partial charge in [0.25, 0.3) is 5.56 Å². The standard InChI is InChI=1S/C9H14N2O3/c1-5(2)6(3-9(13)14)7-4-8(12)11-10-7/h4-6H,3H2,1-2H3,(H,13,14)(H2,10,11,12). The first-order chi connectivity index (χ1) is 6.50. The van der Waals surface area contributed by atoms with E-state index in [9.17, 15) is 9.59 Å². The van der Waals surface area contributed by atoms with E-state index in [-0.39, 0.29) is 23.8 Å². The summed E-state index contributed by atoms with van der Waals surface area (Å²) in [7, 11) is 0. The quantitative estimate of drug-likeness (QED) is 0.672. The van der Waals surface area contributed by atoms with E-state index in [0.29, 0.717) is 5.69 Å². The number of carboxylic acid groups (broad SMARTS) is 1. The lowest BCUT2D eigenvalue weighted by molar-refractivity contribution is -0.137. The van der Waals surface area contributed by atoms with Crippen molar-refractivity contribution in [1.29, 1.82) is 0 Å². The lowest BCUT2D eigenvalue weighted by Gasteiger charge is -2.16. The average molecular weight is 198 g/mol. The second-order valence-electron chi connectivity index (χ2n) is 3.66. The number of aliphatic carboxylic acids is 1. The third-order valence-electron chi connectivity index (χ3n) is 2.22. The summed E-state index contributed by atoms with van der Waals surface area (Å²) < 4.78 is 0. The molecule has 0 aliphatic carbocycles. The minimum absolute atomic E-state index is 0.0332. The van der Waals surface area contributed by atoms with Crippen LogP contribution >= 0.6 is 0 Å². The fourth-order valence-corrected chi connectivity index (χ4v) is 1.44. The molecule has 1 aromatic rings. The zero-order chi connectivity index (χ0) is 10.7. The van der Waals surface area contributed by atoms with Crippen LogP contribution in [0.2, 0.25) is 0 Å². The second kappa shape index (κ2) is 4.13. The van der Waals surface area contributed by atoms with E-state index in [4.69, 9.17) is 5.11 Å². The van der Waals surface area contributed by atoms with Crippen molar-refractivity contribution < 1.29 is 9.90 Å². The third-order valence-corrected chi connectivity index (χ3v) is 2.22. The molecule has 3 N–H and O–H groups in total. The summed E-state index contributed by atoms with van der Waals surface area (Å²) in [5.41, 5.74) is 0.434. The SMILES string of the molecule is CC(C)C(CC(=O)O)c1cc(=O)[nH][nH]1. The fourth-order valence-electron chi connectivity index (χ4n) is 1.44. The topological polar surface area (TPSA) is 85.9 Å². The molecule has 0 bridgehead atoms. The van der Waals surface area contributed by atoms with Crippen LogP contribution in [0.25, 0.3) is 0 Å². The van der Waals surface area contributed by atoms with Crippen molar-refractivity contribution in [3.05, 3.63) is 22.1 Å². The number of hydrogen-bond acceptors (Lipinski definition) is 2. The normalized spacial score (nSPS) is 13.1. The molecule has 1 aromatic heterocycles. The number of carboxylic acids is 1. The van der Waals surface area contributed by atoms with Crippen LogP contribution in [0.15, 0.2) is 10.9 Å². The Hall–Kier alpha value is -1.52. The van der Waals surface area contributed by atoms with E-state index in [1.165, 1.54) is 6.07 Å². The van der Waals surface area contributed by atoms with Crippen molar-refractivity contribution in [2.45, 2.75) is 26.2 Å². The Morgan fingerprint density at radius 2 is 2.14 bits per heavy atom. The molecule has 1 atom stereocenters. The van der Waals surface area contributed by atoms with Crippen molar-refractivity contribution in [1.82, 2.24) is 10.2 Å². The minimum Gasteiger partial charge on any atom is -0.481 e. The Bertz CT molecular complexity index is 364. The van der Waals surface area contributed by atoms with Crippen LogP contribution in [0.5, 0.6) is 0 Å². The highest BCUT2D eigenvalue weighted by Gasteiger charge is 2.20. The van der Waals surface area contributed by atoms with E-state index >= 15 is 0 Å². The minimum atomic E-state index is -0.856. The van der Waals surface area contributed by atoms with Gasteiger partial charge in [0.05, 0.1) is 6.42 Å². The second-order valence-corrected chi connectivity index (χ2v) is 3.66. The molecule has 0 saturated carbocycles. The van der Waals surface area contributed by atoms with Crippen molar-refractivity contribution >= 4 is 5.97 Å². The third kappa shape index (κ3) is 2.48. The fraction of sp³-hybridized carbons (Fsp3) is 0.556. The number of nitrogens with one attached hydrogen (secondary N) is 2. The molecular weight excluding hydrogens is 184 g/mol. The van der Waals surface area contributed by atoms with Gasteiger partial charge in [-0.1, -0.05) is 13.8 Å². The van der Waals surface area contributed by atoms with Crippen LogP contribution in [0.3, 0.4) is 0 Å². The van der Waals surface area contributed by atoms with Gasteiger partial charge in [0.1, 0.15) is 0 Å². The maximum atomic E-state index is 10.9. The molecule has 0 radical (unpaired) electrons. The Morgan fingerprint density at radius 1 is 1.50 bits per heavy atom. The summed E-state index contributed by atoms with van der Waals surface area (Å²) in [6, 6.07) is 1.41. The van der Waals surface area contributed by atoms with Gasteiger partial charge in [-0.2, -0.15) is 0 Å². The van der Waals surface area contributed by atoms with Crippen LogP contribution in [0, 0.1) is 5.92 Å². The largest absolute Gasteiger partial charge is 0.481 e. The number of carbonyl (C=O) groups is 1. The zero-order valence-corrected chi connectivity index (χ0v) is 8.20. The summed E-state index contributed by atoms with van der Waals surface area (Å²) in [6.45, 7) is 3.86. The molecular formula is C9H14N2O3. The first kappa shape index (κ1) is 10.6. The summed E-state index contributed by atoms with van der Waals surface area (Å²) in [6.07, 6.45) is 0.0332. The first-order valence-electron chi connectivity index (χ1n) is 4.50. The van der Waals surface area contributed by atoms with Crippen LogP contribution < -0.4 is 5.56 Å². The van der Waals surface area contributed by atoms with Gasteiger partial charge in [-0.25, -0.2) is 0 Å². The molecule has 5 heteroatoms. The molecule has 0 aliphatic heterocycles. The van der Waals surface area contributed by atoms with Crippen molar-refractivity contribution in [3.8, 4) is 0 Å². The van der Waals surface area contributed by atoms with Crippen LogP contribution in [0.4, 0.5) is 0 Å². The predicted octanol–water partition coefficient (Wildman–Crippen LogP) is 0.917. The number of H-pyrrole nitrogens is 2. The van der Waals surface area contributed by atoms with Gasteiger partial charge in [0.15, 0.2) is 0 Å². The molecule has 0 aliphatic rings. The zero-order valence-electron chi connectivity index (χ0n) is 8.20. The molecule has 0 fully saturated rings. The van der Waals surface area contributed by atoms with Crippen molar-refractivity contribution in [2.24, 2.45) is 5.92 Å². The highest BCUT2D eigenvalue weighted by atomic mass is 16.4. The summed E-state index contributed by atoms with van der Waals surface area (Å²) in [4.78, 5) is 21.5. The Labute approximate surface area is 81.1 Å². The summed E-state index contributed by atoms with van der Waals surface area (Å²) in [5.74, 6) is -0.824. The van der Waals surface area contributed by atoms with E-state index < -0.39 is 5.97 Å². The number of aromatic amines is 2. The van der Waals surface area contributed by atoms with Gasteiger partial charge in [0, 0.05) is 17.7 Å². The molecule has 0 saturated heterocycles. The van der Waals surface area contributed by atoms with Crippen molar-refractivity contribution in [3.63, 3.8) is 0 Å². The molecule has 1 heterocycles. The van der Waals surface area contributed by atoms with E-state index in [0.717, 1.165) is 0 Å². The van der Waals surface area contributed by atoms with E-state index in [2.05, 4.69) is 10.2 Å². The maximum absolute atomic E-state index is 10.9. The summed E-state index contributed by atoms with van der Waals surface area (Å²) in [5, 5.41) is 13.8. The van der Waals surface area contributed by atoms with Gasteiger partial charge in [-0.15, -0.1) is 0 Å². The van der Waals surface area contributed by atoms with Gasteiger partial charge in [-0.3, -0.25) is 14.7 Å². The molecule has 0 amide bonds. The van der Waals surface area contributed by atoms with Crippen LogP contribution in [-0.2, 0) is 4.79 Å². The number of rotatable bonds is 4. The molecule has 0 aromatic carbocycles. The van der Waals surface area contributed by atoms with E-state index in [1.54, 1.807) is 0 Å². The first-order valence-corrected chi connectivity index (χ1v) is 4.50. The molecule has 1 rings (SSSR count). The van der Waals surface area contributed by atoms with Gasteiger partial charge >= 0.3 is 5.97 Å². The Kier molecular flexibility index (Phi) is 3.11. The number of hydrogen-bond donors (Lipinski definition) is 3. The highest BCUT2D eigenvalue weighted by molar-refractivity contribution is 5.67. The number of aromatic nitrogens is 2. The smallest absolute Gasteiger partial charge is 0.304 e. The van der Waals surface area contributed by atoms with Gasteiger partial charge in [0.2, 0.25) is 0 Å². The molecule has 78 valence electrons. The lowest BCUT2D eigenvalue weighted by Crippen LogP contribution is -2.12.